The van der Waals surface area contributed by atoms with Gasteiger partial charge in [-0.05, 0) is 38.1 Å². The number of rotatable bonds is 2. The fourth-order valence-corrected chi connectivity index (χ4v) is 2.00. The van der Waals surface area contributed by atoms with Crippen LogP contribution in [0, 0.1) is 11.3 Å². The largest absolute Gasteiger partial charge is 0.469 e. The highest BCUT2D eigenvalue weighted by molar-refractivity contribution is 5.06. The lowest BCUT2D eigenvalue weighted by Crippen LogP contribution is -2.33. The number of hydrogen-bond acceptors (Lipinski definition) is 3. The number of nitrogens with zero attached hydrogens (tertiary/aromatic N) is 2. The minimum absolute atomic E-state index is 0.556. The van der Waals surface area contributed by atoms with Crippen molar-refractivity contribution < 1.29 is 4.42 Å². The molecule has 0 aromatic carbocycles. The first kappa shape index (κ1) is 9.29. The van der Waals surface area contributed by atoms with Crippen molar-refractivity contribution in [2.45, 2.75) is 18.8 Å². The van der Waals surface area contributed by atoms with E-state index in [1.165, 1.54) is 0 Å². The van der Waals surface area contributed by atoms with E-state index in [4.69, 9.17) is 9.68 Å². The maximum absolute atomic E-state index is 8.56. The number of hydrogen-bond donors (Lipinski definition) is 0. The predicted octanol–water partition coefficient (Wildman–Crippen LogP) is 1.98. The van der Waals surface area contributed by atoms with E-state index in [2.05, 4.69) is 11.0 Å². The van der Waals surface area contributed by atoms with Gasteiger partial charge in [0.25, 0.3) is 0 Å². The molecule has 14 heavy (non-hydrogen) atoms. The first-order chi connectivity index (χ1) is 6.90. The van der Waals surface area contributed by atoms with E-state index in [1.54, 1.807) is 6.26 Å². The molecule has 2 rings (SSSR count). The van der Waals surface area contributed by atoms with E-state index in [0.717, 1.165) is 31.7 Å². The first-order valence-electron chi connectivity index (χ1n) is 5.03. The minimum Gasteiger partial charge on any atom is -0.469 e. The van der Waals surface area contributed by atoms with Gasteiger partial charge in [-0.2, -0.15) is 5.26 Å². The van der Waals surface area contributed by atoms with Crippen molar-refractivity contribution in [1.82, 2.24) is 4.90 Å². The lowest BCUT2D eigenvalue weighted by molar-refractivity contribution is 0.222. The average molecular weight is 190 g/mol. The molecule has 0 saturated carbocycles. The van der Waals surface area contributed by atoms with Crippen LogP contribution in [-0.2, 0) is 0 Å². The Kier molecular flexibility index (Phi) is 2.85. The Morgan fingerprint density at radius 3 is 2.86 bits per heavy atom. The van der Waals surface area contributed by atoms with Gasteiger partial charge in [0.15, 0.2) is 0 Å². The summed E-state index contributed by atoms with van der Waals surface area (Å²) in [7, 11) is 0. The maximum Gasteiger partial charge on any atom is 0.106 e. The highest BCUT2D eigenvalue weighted by atomic mass is 16.3. The van der Waals surface area contributed by atoms with Crippen LogP contribution in [0.4, 0.5) is 0 Å². The highest BCUT2D eigenvalue weighted by Crippen LogP contribution is 2.27. The fourth-order valence-electron chi connectivity index (χ4n) is 2.00. The molecule has 1 aliphatic heterocycles. The molecule has 0 unspecified atom stereocenters. The van der Waals surface area contributed by atoms with E-state index in [-0.39, 0.29) is 0 Å². The molecule has 0 bridgehead atoms. The zero-order valence-corrected chi connectivity index (χ0v) is 8.15. The molecule has 3 heteroatoms. The molecule has 0 radical (unpaired) electrons. The summed E-state index contributed by atoms with van der Waals surface area (Å²) in [4.78, 5) is 2.19. The van der Waals surface area contributed by atoms with Crippen LogP contribution < -0.4 is 0 Å². The number of piperidine rings is 1. The fraction of sp³-hybridized carbons (Fsp3) is 0.545. The third kappa shape index (κ3) is 1.97. The highest BCUT2D eigenvalue weighted by Gasteiger charge is 2.21. The minimum atomic E-state index is 0.556. The molecule has 1 aromatic rings. The number of likely N-dealkylation sites (tertiary alicyclic amines) is 1. The Labute approximate surface area is 83.9 Å². The zero-order valence-electron chi connectivity index (χ0n) is 8.15. The van der Waals surface area contributed by atoms with Gasteiger partial charge in [-0.3, -0.25) is 4.90 Å². The first-order valence-corrected chi connectivity index (χ1v) is 5.03. The maximum atomic E-state index is 8.56. The van der Waals surface area contributed by atoms with Gasteiger partial charge in [-0.15, -0.1) is 0 Å². The van der Waals surface area contributed by atoms with E-state index in [0.29, 0.717) is 12.5 Å². The molecule has 0 spiro atoms. The van der Waals surface area contributed by atoms with Crippen LogP contribution in [0.15, 0.2) is 22.8 Å². The molecular weight excluding hydrogens is 176 g/mol. The Morgan fingerprint density at radius 1 is 1.50 bits per heavy atom. The van der Waals surface area contributed by atoms with Gasteiger partial charge in [0.05, 0.1) is 18.9 Å². The van der Waals surface area contributed by atoms with Crippen LogP contribution in [0.5, 0.6) is 0 Å². The summed E-state index contributed by atoms with van der Waals surface area (Å²) in [6.07, 6.45) is 3.95. The lowest BCUT2D eigenvalue weighted by atomic mass is 9.94. The van der Waals surface area contributed by atoms with E-state index >= 15 is 0 Å². The van der Waals surface area contributed by atoms with Crippen LogP contribution in [0.25, 0.3) is 0 Å². The predicted molar refractivity (Wildman–Crippen MR) is 52.7 cm³/mol. The molecule has 2 heterocycles. The second kappa shape index (κ2) is 4.30. The van der Waals surface area contributed by atoms with Gasteiger partial charge in [0.2, 0.25) is 0 Å². The van der Waals surface area contributed by atoms with Crippen molar-refractivity contribution in [1.29, 1.82) is 5.26 Å². The van der Waals surface area contributed by atoms with E-state index in [9.17, 15) is 0 Å². The smallest absolute Gasteiger partial charge is 0.106 e. The van der Waals surface area contributed by atoms with Crippen LogP contribution in [0.1, 0.15) is 24.5 Å². The summed E-state index contributed by atoms with van der Waals surface area (Å²) in [6.45, 7) is 2.59. The van der Waals surface area contributed by atoms with Crippen LogP contribution in [0.3, 0.4) is 0 Å². The quantitative estimate of drug-likeness (QED) is 0.669. The molecule has 1 fully saturated rings. The van der Waals surface area contributed by atoms with Gasteiger partial charge >= 0.3 is 0 Å². The standard InChI is InChI=1S/C11H14N2O/c12-5-8-13-6-3-10(4-7-13)11-2-1-9-14-11/h1-2,9-10H,3-4,6-8H2. The Bertz CT molecular complexity index is 305. The van der Waals surface area contributed by atoms with Crippen LogP contribution in [-0.4, -0.2) is 24.5 Å². The molecule has 0 amide bonds. The Hall–Kier alpha value is -1.27. The van der Waals surface area contributed by atoms with Gasteiger partial charge < -0.3 is 4.42 Å². The molecule has 1 saturated heterocycles. The SMILES string of the molecule is N#CCN1CCC(c2ccco2)CC1. The summed E-state index contributed by atoms with van der Waals surface area (Å²) in [5, 5.41) is 8.56. The second-order valence-corrected chi connectivity index (χ2v) is 3.72. The van der Waals surface area contributed by atoms with Crippen LogP contribution in [0.2, 0.25) is 0 Å². The third-order valence-electron chi connectivity index (χ3n) is 2.83. The zero-order chi connectivity index (χ0) is 9.80. The summed E-state index contributed by atoms with van der Waals surface area (Å²) in [5.41, 5.74) is 0. The normalized spacial score (nSPS) is 19.4. The topological polar surface area (TPSA) is 40.2 Å². The Balaban J connectivity index is 1.88. The number of furan rings is 1. The number of nitriles is 1. The monoisotopic (exact) mass is 190 g/mol. The van der Waals surface area contributed by atoms with Crippen molar-refractivity contribution in [3.63, 3.8) is 0 Å². The van der Waals surface area contributed by atoms with E-state index < -0.39 is 0 Å². The van der Waals surface area contributed by atoms with Crippen molar-refractivity contribution >= 4 is 0 Å². The van der Waals surface area contributed by atoms with Crippen LogP contribution >= 0.6 is 0 Å². The van der Waals surface area contributed by atoms with Crippen molar-refractivity contribution in [2.75, 3.05) is 19.6 Å². The Morgan fingerprint density at radius 2 is 2.29 bits per heavy atom. The summed E-state index contributed by atoms with van der Waals surface area (Å²) in [6, 6.07) is 6.18. The summed E-state index contributed by atoms with van der Waals surface area (Å²) < 4.78 is 5.38. The third-order valence-corrected chi connectivity index (χ3v) is 2.83. The molecule has 0 atom stereocenters. The van der Waals surface area contributed by atoms with Gasteiger partial charge in [0.1, 0.15) is 5.76 Å². The van der Waals surface area contributed by atoms with Gasteiger partial charge in [-0.25, -0.2) is 0 Å². The molecule has 0 N–H and O–H groups in total. The van der Waals surface area contributed by atoms with Gasteiger partial charge in [-0.1, -0.05) is 0 Å². The van der Waals surface area contributed by atoms with Crippen molar-refractivity contribution in [3.8, 4) is 6.07 Å². The molecular formula is C11H14N2O. The molecule has 0 aliphatic carbocycles. The molecule has 3 nitrogen and oxygen atoms in total. The molecule has 74 valence electrons. The van der Waals surface area contributed by atoms with Crippen molar-refractivity contribution in [2.24, 2.45) is 0 Å². The second-order valence-electron chi connectivity index (χ2n) is 3.72. The van der Waals surface area contributed by atoms with Crippen molar-refractivity contribution in [3.05, 3.63) is 24.2 Å². The average Bonchev–Trinajstić information content (AvgIpc) is 2.72. The molecule has 1 aromatic heterocycles. The van der Waals surface area contributed by atoms with Gasteiger partial charge in [0, 0.05) is 5.92 Å². The summed E-state index contributed by atoms with van der Waals surface area (Å²) in [5.74, 6) is 1.65. The van der Waals surface area contributed by atoms with E-state index in [1.807, 2.05) is 12.1 Å². The summed E-state index contributed by atoms with van der Waals surface area (Å²) >= 11 is 0. The lowest BCUT2D eigenvalue weighted by Gasteiger charge is -2.28. The molecule has 1 aliphatic rings.